The van der Waals surface area contributed by atoms with Gasteiger partial charge in [-0.1, -0.05) is 6.92 Å². The molecule has 0 saturated carbocycles. The zero-order valence-corrected chi connectivity index (χ0v) is 16.2. The highest BCUT2D eigenvalue weighted by Gasteiger charge is 2.21. The van der Waals surface area contributed by atoms with Crippen LogP contribution in [0.4, 0.5) is 5.69 Å². The molecule has 25 heavy (non-hydrogen) atoms. The number of nitrogens with zero attached hydrogens (tertiary/aromatic N) is 1. The fourth-order valence-electron chi connectivity index (χ4n) is 2.93. The predicted molar refractivity (Wildman–Crippen MR) is 101 cm³/mol. The van der Waals surface area contributed by atoms with Crippen molar-refractivity contribution in [3.05, 3.63) is 45.6 Å². The Hall–Kier alpha value is -1.70. The number of fused-ring (bicyclic) bond motifs is 1. The van der Waals surface area contributed by atoms with E-state index in [0.717, 1.165) is 17.1 Å². The number of aryl methyl sites for hydroxylation is 1. The number of thiophene rings is 1. The Morgan fingerprint density at radius 3 is 2.56 bits per heavy atom. The van der Waals surface area contributed by atoms with Gasteiger partial charge in [-0.3, -0.25) is 4.79 Å². The van der Waals surface area contributed by atoms with Crippen LogP contribution in [0, 0.1) is 5.92 Å². The molecule has 1 aliphatic rings. The van der Waals surface area contributed by atoms with Gasteiger partial charge in [0.1, 0.15) is 0 Å². The van der Waals surface area contributed by atoms with E-state index >= 15 is 0 Å². The maximum atomic E-state index is 12.5. The van der Waals surface area contributed by atoms with Crippen molar-refractivity contribution in [3.8, 4) is 0 Å². The largest absolute Gasteiger partial charge is 0.321 e. The van der Waals surface area contributed by atoms with Crippen LogP contribution in [0.5, 0.6) is 0 Å². The van der Waals surface area contributed by atoms with E-state index < -0.39 is 10.0 Å². The van der Waals surface area contributed by atoms with Crippen molar-refractivity contribution < 1.29 is 13.2 Å². The van der Waals surface area contributed by atoms with Crippen LogP contribution in [0.1, 0.15) is 33.5 Å². The van der Waals surface area contributed by atoms with Crippen molar-refractivity contribution in [2.75, 3.05) is 19.4 Å². The second-order valence-electron chi connectivity index (χ2n) is 6.67. The Morgan fingerprint density at radius 1 is 1.24 bits per heavy atom. The van der Waals surface area contributed by atoms with E-state index in [2.05, 4.69) is 12.2 Å². The second-order valence-corrected chi connectivity index (χ2v) is 9.96. The summed E-state index contributed by atoms with van der Waals surface area (Å²) in [6, 6.07) is 8.24. The number of carbonyl (C=O) groups is 1. The number of sulfonamides is 1. The quantitative estimate of drug-likeness (QED) is 0.887. The molecule has 2 aromatic rings. The van der Waals surface area contributed by atoms with Crippen LogP contribution in [-0.4, -0.2) is 32.7 Å². The molecular weight excluding hydrogens is 356 g/mol. The Morgan fingerprint density at radius 2 is 1.92 bits per heavy atom. The normalized spacial score (nSPS) is 17.4. The van der Waals surface area contributed by atoms with E-state index in [9.17, 15) is 13.2 Å². The fraction of sp³-hybridized carbons (Fsp3) is 0.389. The van der Waals surface area contributed by atoms with Crippen molar-refractivity contribution >= 4 is 33.0 Å². The van der Waals surface area contributed by atoms with Gasteiger partial charge in [-0.05, 0) is 61.1 Å². The second kappa shape index (κ2) is 6.90. The first kappa shape index (κ1) is 18.1. The SMILES string of the molecule is C[C@@H]1CCc2sc(C(=O)Nc3ccc(S(=O)(=O)N(C)C)cc3)cc2C1. The van der Waals surface area contributed by atoms with Crippen molar-refractivity contribution in [1.82, 2.24) is 4.31 Å². The highest BCUT2D eigenvalue weighted by Crippen LogP contribution is 2.32. The molecule has 0 spiro atoms. The first-order valence-corrected chi connectivity index (χ1v) is 10.5. The Labute approximate surface area is 152 Å². The summed E-state index contributed by atoms with van der Waals surface area (Å²) in [5.74, 6) is 0.527. The Balaban J connectivity index is 1.74. The van der Waals surface area contributed by atoms with Gasteiger partial charge in [0, 0.05) is 24.7 Å². The lowest BCUT2D eigenvalue weighted by Gasteiger charge is -2.16. The van der Waals surface area contributed by atoms with Gasteiger partial charge in [0.15, 0.2) is 0 Å². The van der Waals surface area contributed by atoms with Gasteiger partial charge in [0.25, 0.3) is 5.91 Å². The number of amides is 1. The van der Waals surface area contributed by atoms with E-state index in [1.807, 2.05) is 6.07 Å². The minimum atomic E-state index is -3.46. The number of nitrogens with one attached hydrogen (secondary N) is 1. The number of hydrogen-bond acceptors (Lipinski definition) is 4. The molecular formula is C18H22N2O3S2. The summed E-state index contributed by atoms with van der Waals surface area (Å²) in [7, 11) is -0.478. The highest BCUT2D eigenvalue weighted by molar-refractivity contribution is 7.89. The van der Waals surface area contributed by atoms with Crippen LogP contribution >= 0.6 is 11.3 Å². The van der Waals surface area contributed by atoms with Crippen LogP contribution in [0.3, 0.4) is 0 Å². The van der Waals surface area contributed by atoms with E-state index in [4.69, 9.17) is 0 Å². The Bertz CT molecular complexity index is 884. The molecule has 1 amide bonds. The molecule has 0 fully saturated rings. The minimum absolute atomic E-state index is 0.143. The summed E-state index contributed by atoms with van der Waals surface area (Å²) < 4.78 is 25.3. The van der Waals surface area contributed by atoms with Crippen LogP contribution in [0.15, 0.2) is 35.2 Å². The third-order valence-electron chi connectivity index (χ3n) is 4.44. The molecule has 1 atom stereocenters. The van der Waals surface area contributed by atoms with Gasteiger partial charge in [0.05, 0.1) is 9.77 Å². The van der Waals surface area contributed by atoms with Gasteiger partial charge in [-0.25, -0.2) is 12.7 Å². The summed E-state index contributed by atoms with van der Waals surface area (Å²) in [5.41, 5.74) is 1.88. The minimum Gasteiger partial charge on any atom is -0.321 e. The van der Waals surface area contributed by atoms with Crippen LogP contribution < -0.4 is 5.32 Å². The van der Waals surface area contributed by atoms with E-state index in [0.29, 0.717) is 16.5 Å². The van der Waals surface area contributed by atoms with Crippen molar-refractivity contribution in [2.45, 2.75) is 31.1 Å². The van der Waals surface area contributed by atoms with Gasteiger partial charge < -0.3 is 5.32 Å². The molecule has 0 saturated heterocycles. The zero-order chi connectivity index (χ0) is 18.2. The number of hydrogen-bond donors (Lipinski definition) is 1. The molecule has 0 bridgehead atoms. The average molecular weight is 379 g/mol. The maximum absolute atomic E-state index is 12.5. The van der Waals surface area contributed by atoms with Crippen molar-refractivity contribution in [2.24, 2.45) is 5.92 Å². The van der Waals surface area contributed by atoms with Crippen molar-refractivity contribution in [1.29, 1.82) is 0 Å². The number of carbonyl (C=O) groups excluding carboxylic acids is 1. The van der Waals surface area contributed by atoms with Gasteiger partial charge in [-0.15, -0.1) is 11.3 Å². The smallest absolute Gasteiger partial charge is 0.265 e. The molecule has 0 unspecified atom stereocenters. The fourth-order valence-corrected chi connectivity index (χ4v) is 4.94. The molecule has 1 N–H and O–H groups in total. The molecule has 1 aromatic heterocycles. The molecule has 1 aromatic carbocycles. The number of anilines is 1. The Kier molecular flexibility index (Phi) is 4.99. The molecule has 5 nitrogen and oxygen atoms in total. The summed E-state index contributed by atoms with van der Waals surface area (Å²) in [5, 5.41) is 2.85. The molecule has 0 radical (unpaired) electrons. The third-order valence-corrected chi connectivity index (χ3v) is 7.51. The lowest BCUT2D eigenvalue weighted by molar-refractivity contribution is 0.103. The third kappa shape index (κ3) is 3.78. The van der Waals surface area contributed by atoms with Gasteiger partial charge >= 0.3 is 0 Å². The number of rotatable bonds is 4. The topological polar surface area (TPSA) is 66.5 Å². The predicted octanol–water partition coefficient (Wildman–Crippen LogP) is 3.38. The number of benzene rings is 1. The lowest BCUT2D eigenvalue weighted by Crippen LogP contribution is -2.22. The van der Waals surface area contributed by atoms with Gasteiger partial charge in [0.2, 0.25) is 10.0 Å². The molecule has 1 aliphatic carbocycles. The van der Waals surface area contributed by atoms with Crippen LogP contribution in [-0.2, 0) is 22.9 Å². The average Bonchev–Trinajstić information content (AvgIpc) is 2.98. The first-order chi connectivity index (χ1) is 11.8. The maximum Gasteiger partial charge on any atom is 0.265 e. The van der Waals surface area contributed by atoms with Crippen molar-refractivity contribution in [3.63, 3.8) is 0 Å². The summed E-state index contributed by atoms with van der Waals surface area (Å²) >= 11 is 1.56. The van der Waals surface area contributed by atoms with E-state index in [1.54, 1.807) is 23.5 Å². The molecule has 1 heterocycles. The lowest BCUT2D eigenvalue weighted by atomic mass is 9.90. The summed E-state index contributed by atoms with van der Waals surface area (Å²) in [4.78, 5) is 14.7. The highest BCUT2D eigenvalue weighted by atomic mass is 32.2. The van der Waals surface area contributed by atoms with Gasteiger partial charge in [-0.2, -0.15) is 0 Å². The van der Waals surface area contributed by atoms with E-state index in [-0.39, 0.29) is 10.8 Å². The first-order valence-electron chi connectivity index (χ1n) is 8.23. The monoisotopic (exact) mass is 378 g/mol. The molecule has 3 rings (SSSR count). The summed E-state index contributed by atoms with van der Waals surface area (Å²) in [6.45, 7) is 2.24. The van der Waals surface area contributed by atoms with Crippen LogP contribution in [0.25, 0.3) is 0 Å². The molecule has 0 aliphatic heterocycles. The van der Waals surface area contributed by atoms with E-state index in [1.165, 1.54) is 43.1 Å². The summed E-state index contributed by atoms with van der Waals surface area (Å²) in [6.07, 6.45) is 3.26. The van der Waals surface area contributed by atoms with Crippen LogP contribution in [0.2, 0.25) is 0 Å². The zero-order valence-electron chi connectivity index (χ0n) is 14.6. The molecule has 134 valence electrons. The standard InChI is InChI=1S/C18H22N2O3S2/c1-12-4-9-16-13(10-12)11-17(24-16)18(21)19-14-5-7-15(8-6-14)25(22,23)20(2)3/h5-8,11-12H,4,9-10H2,1-3H3,(H,19,21)/t12-/m1/s1. The molecule has 7 heteroatoms.